The summed E-state index contributed by atoms with van der Waals surface area (Å²) < 4.78 is 33.7. The summed E-state index contributed by atoms with van der Waals surface area (Å²) >= 11 is 3.92. The maximum atomic E-state index is 13.1. The summed E-state index contributed by atoms with van der Waals surface area (Å²) in [5.74, 6) is 2.59. The molecule has 1 amide bonds. The lowest BCUT2D eigenvalue weighted by molar-refractivity contribution is -0.118. The van der Waals surface area contributed by atoms with Gasteiger partial charge in [0.2, 0.25) is 10.0 Å². The molecule has 4 rings (SSSR count). The SMILES string of the molecule is O=C(COc1ccc(C2SCCCS2)cc1)Nc1ccccc1S(=O)(=O)N1CCCCC1. The Morgan fingerprint density at radius 3 is 2.38 bits per heavy atom. The number of hydrogen-bond donors (Lipinski definition) is 1. The molecule has 0 spiro atoms. The summed E-state index contributed by atoms with van der Waals surface area (Å²) in [5.41, 5.74) is 1.54. The molecule has 0 radical (unpaired) electrons. The van der Waals surface area contributed by atoms with Crippen molar-refractivity contribution in [2.24, 2.45) is 0 Å². The van der Waals surface area contributed by atoms with E-state index in [1.165, 1.54) is 27.8 Å². The van der Waals surface area contributed by atoms with Crippen LogP contribution < -0.4 is 10.1 Å². The number of hydrogen-bond acceptors (Lipinski definition) is 6. The van der Waals surface area contributed by atoms with E-state index in [9.17, 15) is 13.2 Å². The van der Waals surface area contributed by atoms with Crippen LogP contribution in [0, 0.1) is 0 Å². The van der Waals surface area contributed by atoms with Gasteiger partial charge in [-0.25, -0.2) is 8.42 Å². The second-order valence-corrected chi connectivity index (χ2v) is 12.4. The summed E-state index contributed by atoms with van der Waals surface area (Å²) in [6.07, 6.45) is 4.02. The number of carbonyl (C=O) groups excluding carboxylic acids is 1. The Balaban J connectivity index is 1.36. The van der Waals surface area contributed by atoms with Crippen LogP contribution in [-0.2, 0) is 14.8 Å². The lowest BCUT2D eigenvalue weighted by Gasteiger charge is -2.26. The molecule has 1 N–H and O–H groups in total. The van der Waals surface area contributed by atoms with Crippen molar-refractivity contribution in [3.63, 3.8) is 0 Å². The van der Waals surface area contributed by atoms with Crippen LogP contribution in [0.4, 0.5) is 5.69 Å². The number of benzene rings is 2. The number of piperidine rings is 1. The first-order chi connectivity index (χ1) is 15.5. The minimum absolute atomic E-state index is 0.127. The summed E-state index contributed by atoms with van der Waals surface area (Å²) in [4.78, 5) is 12.6. The Morgan fingerprint density at radius 1 is 0.969 bits per heavy atom. The Labute approximate surface area is 198 Å². The van der Waals surface area contributed by atoms with Gasteiger partial charge in [-0.2, -0.15) is 4.31 Å². The van der Waals surface area contributed by atoms with Gasteiger partial charge >= 0.3 is 0 Å². The van der Waals surface area contributed by atoms with E-state index in [0.29, 0.717) is 23.4 Å². The topological polar surface area (TPSA) is 75.7 Å². The number of para-hydroxylation sites is 1. The summed E-state index contributed by atoms with van der Waals surface area (Å²) in [6.45, 7) is 0.841. The van der Waals surface area contributed by atoms with Crippen LogP contribution >= 0.6 is 23.5 Å². The predicted octanol–water partition coefficient (Wildman–Crippen LogP) is 4.75. The number of carbonyl (C=O) groups is 1. The van der Waals surface area contributed by atoms with Crippen LogP contribution in [0.5, 0.6) is 5.75 Å². The number of ether oxygens (including phenoxy) is 1. The summed E-state index contributed by atoms with van der Waals surface area (Å²) in [7, 11) is -3.65. The number of sulfonamides is 1. The smallest absolute Gasteiger partial charge is 0.262 e. The highest BCUT2D eigenvalue weighted by molar-refractivity contribution is 8.16. The highest BCUT2D eigenvalue weighted by atomic mass is 32.2. The number of anilines is 1. The zero-order valence-electron chi connectivity index (χ0n) is 17.9. The van der Waals surface area contributed by atoms with E-state index < -0.39 is 15.9 Å². The third kappa shape index (κ3) is 5.81. The zero-order chi connectivity index (χ0) is 22.4. The third-order valence-electron chi connectivity index (χ3n) is 5.44. The first kappa shape index (κ1) is 23.5. The van der Waals surface area contributed by atoms with Gasteiger partial charge in [0, 0.05) is 13.1 Å². The van der Waals surface area contributed by atoms with Gasteiger partial charge in [-0.05, 0) is 60.6 Å². The molecule has 9 heteroatoms. The molecule has 2 aromatic rings. The number of nitrogens with zero attached hydrogens (tertiary/aromatic N) is 1. The highest BCUT2D eigenvalue weighted by Crippen LogP contribution is 2.43. The van der Waals surface area contributed by atoms with Crippen molar-refractivity contribution < 1.29 is 17.9 Å². The Hall–Kier alpha value is -1.68. The molecule has 2 heterocycles. The van der Waals surface area contributed by atoms with E-state index in [4.69, 9.17) is 4.74 Å². The molecule has 172 valence electrons. The highest BCUT2D eigenvalue weighted by Gasteiger charge is 2.28. The molecule has 0 aromatic heterocycles. The average molecular weight is 493 g/mol. The van der Waals surface area contributed by atoms with Gasteiger partial charge < -0.3 is 10.1 Å². The minimum atomic E-state index is -3.65. The molecule has 0 atom stereocenters. The second-order valence-electron chi connectivity index (χ2n) is 7.79. The quantitative estimate of drug-likeness (QED) is 0.601. The average Bonchev–Trinajstić information content (AvgIpc) is 2.84. The van der Waals surface area contributed by atoms with E-state index in [0.717, 1.165) is 19.3 Å². The lowest BCUT2D eigenvalue weighted by atomic mass is 10.2. The molecule has 2 saturated heterocycles. The van der Waals surface area contributed by atoms with E-state index in [-0.39, 0.29) is 17.2 Å². The molecule has 32 heavy (non-hydrogen) atoms. The maximum Gasteiger partial charge on any atom is 0.262 e. The Kier molecular flexibility index (Phi) is 8.04. The molecule has 0 aliphatic carbocycles. The van der Waals surface area contributed by atoms with Gasteiger partial charge in [0.25, 0.3) is 5.91 Å². The largest absolute Gasteiger partial charge is 0.484 e. The summed E-state index contributed by atoms with van der Waals surface area (Å²) in [6, 6.07) is 14.4. The number of amides is 1. The standard InChI is InChI=1S/C23H28N2O4S3/c26-22(17-29-19-11-9-18(10-12-19)23-30-15-6-16-31-23)24-20-7-2-3-8-21(20)32(27,28)25-13-4-1-5-14-25/h2-3,7-12,23H,1,4-6,13-17H2,(H,24,26). The van der Waals surface area contributed by atoms with Crippen LogP contribution in [0.25, 0.3) is 0 Å². The van der Waals surface area contributed by atoms with Crippen molar-refractivity contribution in [1.29, 1.82) is 0 Å². The molecular formula is C23H28N2O4S3. The van der Waals surface area contributed by atoms with Gasteiger partial charge in [-0.1, -0.05) is 30.7 Å². The Morgan fingerprint density at radius 2 is 1.66 bits per heavy atom. The van der Waals surface area contributed by atoms with Crippen molar-refractivity contribution >= 4 is 45.1 Å². The van der Waals surface area contributed by atoms with Gasteiger partial charge in [0.05, 0.1) is 10.3 Å². The van der Waals surface area contributed by atoms with Crippen molar-refractivity contribution in [1.82, 2.24) is 4.31 Å². The molecule has 2 fully saturated rings. The van der Waals surface area contributed by atoms with E-state index in [2.05, 4.69) is 5.32 Å². The first-order valence-electron chi connectivity index (χ1n) is 10.9. The van der Waals surface area contributed by atoms with Gasteiger partial charge in [0.1, 0.15) is 10.6 Å². The molecule has 2 aromatic carbocycles. The van der Waals surface area contributed by atoms with Gasteiger partial charge in [-0.3, -0.25) is 4.79 Å². The number of nitrogens with one attached hydrogen (secondary N) is 1. The molecule has 0 saturated carbocycles. The van der Waals surface area contributed by atoms with E-state index >= 15 is 0 Å². The second kappa shape index (κ2) is 11.0. The van der Waals surface area contributed by atoms with Crippen LogP contribution in [0.3, 0.4) is 0 Å². The molecule has 6 nitrogen and oxygen atoms in total. The summed E-state index contributed by atoms with van der Waals surface area (Å²) in [5, 5.41) is 2.71. The Bertz CT molecular complexity index is 1020. The molecule has 0 unspecified atom stereocenters. The molecule has 2 aliphatic heterocycles. The van der Waals surface area contributed by atoms with Gasteiger partial charge in [0.15, 0.2) is 6.61 Å². The number of rotatable bonds is 7. The molecular weight excluding hydrogens is 464 g/mol. The van der Waals surface area contributed by atoms with E-state index in [1.54, 1.807) is 24.3 Å². The lowest BCUT2D eigenvalue weighted by Crippen LogP contribution is -2.36. The maximum absolute atomic E-state index is 13.1. The van der Waals surface area contributed by atoms with Crippen LogP contribution in [-0.4, -0.2) is 49.8 Å². The van der Waals surface area contributed by atoms with Crippen LogP contribution in [0.1, 0.15) is 35.8 Å². The van der Waals surface area contributed by atoms with Crippen molar-refractivity contribution in [3.8, 4) is 5.75 Å². The van der Waals surface area contributed by atoms with Crippen molar-refractivity contribution in [2.45, 2.75) is 35.2 Å². The van der Waals surface area contributed by atoms with Crippen molar-refractivity contribution in [3.05, 3.63) is 54.1 Å². The fraction of sp³-hybridized carbons (Fsp3) is 0.435. The van der Waals surface area contributed by atoms with Crippen molar-refractivity contribution in [2.75, 3.05) is 36.5 Å². The van der Waals surface area contributed by atoms with Gasteiger partial charge in [-0.15, -0.1) is 23.5 Å². The normalized spacial score (nSPS) is 18.2. The van der Waals surface area contributed by atoms with Crippen LogP contribution in [0.2, 0.25) is 0 Å². The molecule has 2 aliphatic rings. The monoisotopic (exact) mass is 492 g/mol. The minimum Gasteiger partial charge on any atom is -0.484 e. The fourth-order valence-electron chi connectivity index (χ4n) is 3.78. The zero-order valence-corrected chi connectivity index (χ0v) is 20.3. The predicted molar refractivity (Wildman–Crippen MR) is 132 cm³/mol. The number of thioether (sulfide) groups is 2. The van der Waals surface area contributed by atoms with E-state index in [1.807, 2.05) is 47.8 Å². The first-order valence-corrected chi connectivity index (χ1v) is 14.4. The molecule has 0 bridgehead atoms. The van der Waals surface area contributed by atoms with Crippen LogP contribution in [0.15, 0.2) is 53.4 Å². The fourth-order valence-corrected chi connectivity index (χ4v) is 8.33. The third-order valence-corrected chi connectivity index (χ3v) is 10.4.